The second kappa shape index (κ2) is 11.2. The molecule has 0 unspecified atom stereocenters. The molecule has 0 saturated carbocycles. The highest BCUT2D eigenvalue weighted by Crippen LogP contribution is 2.34. The van der Waals surface area contributed by atoms with Crippen LogP contribution in [0.2, 0.25) is 0 Å². The first-order chi connectivity index (χ1) is 15.5. The van der Waals surface area contributed by atoms with Gasteiger partial charge in [0.2, 0.25) is 11.8 Å². The predicted molar refractivity (Wildman–Crippen MR) is 123 cm³/mol. The summed E-state index contributed by atoms with van der Waals surface area (Å²) in [6.45, 7) is 1.45. The van der Waals surface area contributed by atoms with Gasteiger partial charge in [-0.05, 0) is 30.5 Å². The minimum atomic E-state index is -0.122. The fourth-order valence-electron chi connectivity index (χ4n) is 3.76. The zero-order valence-electron chi connectivity index (χ0n) is 18.8. The summed E-state index contributed by atoms with van der Waals surface area (Å²) in [4.78, 5) is 26.9. The number of nitrogens with one attached hydrogen (secondary N) is 1. The van der Waals surface area contributed by atoms with E-state index in [1.807, 2.05) is 36.4 Å². The van der Waals surface area contributed by atoms with Crippen molar-refractivity contribution in [2.75, 3.05) is 34.4 Å². The first-order valence-electron chi connectivity index (χ1n) is 10.6. The van der Waals surface area contributed by atoms with Gasteiger partial charge in [-0.2, -0.15) is 0 Å². The lowest BCUT2D eigenvalue weighted by atomic mass is 9.95. The molecule has 1 heterocycles. The van der Waals surface area contributed by atoms with Crippen molar-refractivity contribution in [2.45, 2.75) is 19.4 Å². The Morgan fingerprint density at radius 2 is 1.59 bits per heavy atom. The lowest BCUT2D eigenvalue weighted by Gasteiger charge is -2.30. The molecule has 0 bridgehead atoms. The minimum absolute atomic E-state index is 0.0197. The SMILES string of the molecule is COc1cc(OC)c(OC)cc1CNC(=O)C1CCN(C(=O)/C=C/c2ccccc2)CC1. The summed E-state index contributed by atoms with van der Waals surface area (Å²) in [5.74, 6) is 1.60. The molecule has 2 amide bonds. The maximum atomic E-state index is 12.7. The second-order valence-electron chi connectivity index (χ2n) is 7.58. The third-order valence-corrected chi connectivity index (χ3v) is 5.64. The highest BCUT2D eigenvalue weighted by Gasteiger charge is 2.26. The van der Waals surface area contributed by atoms with E-state index < -0.39 is 0 Å². The van der Waals surface area contributed by atoms with E-state index in [1.165, 1.54) is 0 Å². The summed E-state index contributed by atoms with van der Waals surface area (Å²) in [5.41, 5.74) is 1.79. The summed E-state index contributed by atoms with van der Waals surface area (Å²) in [6, 6.07) is 13.3. The van der Waals surface area contributed by atoms with E-state index in [0.29, 0.717) is 49.7 Å². The van der Waals surface area contributed by atoms with Gasteiger partial charge < -0.3 is 24.4 Å². The average Bonchev–Trinajstić information content (AvgIpc) is 2.85. The number of likely N-dealkylation sites (tertiary alicyclic amines) is 1. The Morgan fingerprint density at radius 1 is 0.969 bits per heavy atom. The molecule has 1 aliphatic rings. The van der Waals surface area contributed by atoms with Crippen LogP contribution in [0.1, 0.15) is 24.0 Å². The van der Waals surface area contributed by atoms with Crippen molar-refractivity contribution in [2.24, 2.45) is 5.92 Å². The molecule has 0 aromatic heterocycles. The molecule has 1 fully saturated rings. The number of methoxy groups -OCH3 is 3. The number of piperidine rings is 1. The number of rotatable bonds is 8. The van der Waals surface area contributed by atoms with Crippen LogP contribution in [0.15, 0.2) is 48.5 Å². The van der Waals surface area contributed by atoms with Crippen molar-refractivity contribution >= 4 is 17.9 Å². The highest BCUT2D eigenvalue weighted by molar-refractivity contribution is 5.92. The van der Waals surface area contributed by atoms with E-state index in [2.05, 4.69) is 5.32 Å². The van der Waals surface area contributed by atoms with Crippen LogP contribution in [0.25, 0.3) is 6.08 Å². The molecule has 0 atom stereocenters. The number of hydrogen-bond donors (Lipinski definition) is 1. The number of amides is 2. The number of hydrogen-bond acceptors (Lipinski definition) is 5. The van der Waals surface area contributed by atoms with Crippen LogP contribution in [-0.4, -0.2) is 51.1 Å². The first-order valence-corrected chi connectivity index (χ1v) is 10.6. The molecule has 32 heavy (non-hydrogen) atoms. The normalized spacial score (nSPS) is 14.3. The average molecular weight is 439 g/mol. The van der Waals surface area contributed by atoms with Crippen LogP contribution in [0, 0.1) is 5.92 Å². The lowest BCUT2D eigenvalue weighted by molar-refractivity contribution is -0.132. The fraction of sp³-hybridized carbons (Fsp3) is 0.360. The summed E-state index contributed by atoms with van der Waals surface area (Å²) < 4.78 is 16.1. The van der Waals surface area contributed by atoms with Gasteiger partial charge >= 0.3 is 0 Å². The number of ether oxygens (including phenoxy) is 3. The van der Waals surface area contributed by atoms with Gasteiger partial charge in [-0.1, -0.05) is 30.3 Å². The van der Waals surface area contributed by atoms with E-state index in [1.54, 1.807) is 44.4 Å². The van der Waals surface area contributed by atoms with Crippen LogP contribution >= 0.6 is 0 Å². The third-order valence-electron chi connectivity index (χ3n) is 5.64. The molecule has 7 nitrogen and oxygen atoms in total. The van der Waals surface area contributed by atoms with Crippen LogP contribution < -0.4 is 19.5 Å². The van der Waals surface area contributed by atoms with Gasteiger partial charge in [-0.15, -0.1) is 0 Å². The van der Waals surface area contributed by atoms with E-state index in [4.69, 9.17) is 14.2 Å². The number of carbonyl (C=O) groups is 2. The third kappa shape index (κ3) is 5.81. The Labute approximate surface area is 189 Å². The summed E-state index contributed by atoms with van der Waals surface area (Å²) >= 11 is 0. The van der Waals surface area contributed by atoms with Gasteiger partial charge in [-0.3, -0.25) is 9.59 Å². The molecule has 0 aliphatic carbocycles. The molecule has 0 radical (unpaired) electrons. The van der Waals surface area contributed by atoms with E-state index in [-0.39, 0.29) is 17.7 Å². The Kier molecular flexibility index (Phi) is 8.14. The van der Waals surface area contributed by atoms with E-state index in [0.717, 1.165) is 11.1 Å². The maximum Gasteiger partial charge on any atom is 0.246 e. The molecule has 2 aromatic carbocycles. The van der Waals surface area contributed by atoms with Crippen molar-refractivity contribution in [3.8, 4) is 17.2 Å². The Balaban J connectivity index is 1.52. The zero-order chi connectivity index (χ0) is 22.9. The van der Waals surface area contributed by atoms with Crippen molar-refractivity contribution < 1.29 is 23.8 Å². The van der Waals surface area contributed by atoms with E-state index in [9.17, 15) is 9.59 Å². The predicted octanol–water partition coefficient (Wildman–Crippen LogP) is 3.28. The van der Waals surface area contributed by atoms with E-state index >= 15 is 0 Å². The molecular weight excluding hydrogens is 408 g/mol. The van der Waals surface area contributed by atoms with Gasteiger partial charge in [0.05, 0.1) is 21.3 Å². The summed E-state index contributed by atoms with van der Waals surface area (Å²) in [6.07, 6.45) is 4.69. The first kappa shape index (κ1) is 23.2. The monoisotopic (exact) mass is 438 g/mol. The zero-order valence-corrected chi connectivity index (χ0v) is 18.8. The minimum Gasteiger partial charge on any atom is -0.496 e. The van der Waals surface area contributed by atoms with Gasteiger partial charge in [0.25, 0.3) is 0 Å². The van der Waals surface area contributed by atoms with Crippen LogP contribution in [0.5, 0.6) is 17.2 Å². The van der Waals surface area contributed by atoms with Gasteiger partial charge in [-0.25, -0.2) is 0 Å². The molecule has 0 spiro atoms. The fourth-order valence-corrected chi connectivity index (χ4v) is 3.76. The summed E-state index contributed by atoms with van der Waals surface area (Å²) in [5, 5.41) is 2.99. The number of carbonyl (C=O) groups excluding carboxylic acids is 2. The van der Waals surface area contributed by atoms with Crippen molar-refractivity contribution in [3.05, 3.63) is 59.7 Å². The second-order valence-corrected chi connectivity index (χ2v) is 7.58. The molecule has 7 heteroatoms. The molecule has 3 rings (SSSR count). The van der Waals surface area contributed by atoms with Crippen LogP contribution in [-0.2, 0) is 16.1 Å². The lowest BCUT2D eigenvalue weighted by Crippen LogP contribution is -2.42. The van der Waals surface area contributed by atoms with Gasteiger partial charge in [0.15, 0.2) is 11.5 Å². The van der Waals surface area contributed by atoms with Crippen molar-refractivity contribution in [1.29, 1.82) is 0 Å². The van der Waals surface area contributed by atoms with Gasteiger partial charge in [0, 0.05) is 43.3 Å². The molecule has 1 N–H and O–H groups in total. The van der Waals surface area contributed by atoms with Crippen LogP contribution in [0.3, 0.4) is 0 Å². The number of benzene rings is 2. The molecule has 2 aromatic rings. The topological polar surface area (TPSA) is 77.1 Å². The largest absolute Gasteiger partial charge is 0.496 e. The van der Waals surface area contributed by atoms with Gasteiger partial charge in [0.1, 0.15) is 5.75 Å². The molecule has 1 aliphatic heterocycles. The highest BCUT2D eigenvalue weighted by atomic mass is 16.5. The smallest absolute Gasteiger partial charge is 0.246 e. The quantitative estimate of drug-likeness (QED) is 0.640. The van der Waals surface area contributed by atoms with Crippen molar-refractivity contribution in [3.63, 3.8) is 0 Å². The Morgan fingerprint density at radius 3 is 2.22 bits per heavy atom. The molecule has 170 valence electrons. The van der Waals surface area contributed by atoms with Crippen LogP contribution in [0.4, 0.5) is 0 Å². The maximum absolute atomic E-state index is 12.7. The van der Waals surface area contributed by atoms with Crippen molar-refractivity contribution in [1.82, 2.24) is 10.2 Å². The summed E-state index contributed by atoms with van der Waals surface area (Å²) in [7, 11) is 4.70. The Bertz CT molecular complexity index is 950. The standard InChI is InChI=1S/C25H30N2O5/c1-30-21-16-23(32-3)22(31-2)15-20(21)17-26-25(29)19-11-13-27(14-12-19)24(28)10-9-18-7-5-4-6-8-18/h4-10,15-16,19H,11-14,17H2,1-3H3,(H,26,29)/b10-9+. The molecular formula is C25H30N2O5. The number of nitrogens with zero attached hydrogens (tertiary/aromatic N) is 1. The molecule has 1 saturated heterocycles. The Hall–Kier alpha value is -3.48.